The van der Waals surface area contributed by atoms with Gasteiger partial charge in [-0.2, -0.15) is 0 Å². The Morgan fingerprint density at radius 3 is 2.42 bits per heavy atom. The zero-order chi connectivity index (χ0) is 18.1. The SMILES string of the molecule is CC(=O)N1CC[C@]2(C(=O)Nc3ccc(Cc4ccccc4)cc3)C[C@@H]2C1. The largest absolute Gasteiger partial charge is 0.343 e. The van der Waals surface area contributed by atoms with Crippen LogP contribution in [0.25, 0.3) is 0 Å². The first-order chi connectivity index (χ1) is 12.6. The molecule has 1 saturated heterocycles. The van der Waals surface area contributed by atoms with Crippen molar-refractivity contribution in [1.82, 2.24) is 4.90 Å². The van der Waals surface area contributed by atoms with Crippen molar-refractivity contribution in [2.45, 2.75) is 26.2 Å². The second-order valence-electron chi connectivity index (χ2n) is 7.59. The van der Waals surface area contributed by atoms with Gasteiger partial charge in [-0.25, -0.2) is 0 Å². The molecule has 1 N–H and O–H groups in total. The minimum atomic E-state index is -0.255. The summed E-state index contributed by atoms with van der Waals surface area (Å²) in [5.74, 6) is 0.541. The van der Waals surface area contributed by atoms with Crippen LogP contribution in [0.3, 0.4) is 0 Å². The van der Waals surface area contributed by atoms with E-state index < -0.39 is 0 Å². The van der Waals surface area contributed by atoms with E-state index in [2.05, 4.69) is 29.6 Å². The topological polar surface area (TPSA) is 49.4 Å². The summed E-state index contributed by atoms with van der Waals surface area (Å²) in [6, 6.07) is 18.5. The molecule has 2 fully saturated rings. The molecule has 2 aliphatic rings. The van der Waals surface area contributed by atoms with Crippen molar-refractivity contribution in [3.05, 3.63) is 65.7 Å². The fourth-order valence-electron chi connectivity index (χ4n) is 4.09. The van der Waals surface area contributed by atoms with Gasteiger partial charge in [0.05, 0.1) is 5.41 Å². The number of benzene rings is 2. The molecule has 134 valence electrons. The molecule has 1 aliphatic carbocycles. The molecule has 0 aromatic heterocycles. The molecule has 2 aromatic rings. The molecule has 0 radical (unpaired) electrons. The standard InChI is InChI=1S/C22H24N2O2/c1-16(25)24-12-11-22(14-19(22)15-24)21(26)23-20-9-7-18(8-10-20)13-17-5-3-2-4-6-17/h2-10,19H,11-15H2,1H3,(H,23,26)/t19-,22+/m1/s1. The summed E-state index contributed by atoms with van der Waals surface area (Å²) in [5.41, 5.74) is 3.10. The van der Waals surface area contributed by atoms with Gasteiger partial charge in [-0.1, -0.05) is 42.5 Å². The Bertz CT molecular complexity index is 816. The van der Waals surface area contributed by atoms with Crippen LogP contribution in [0, 0.1) is 11.3 Å². The third-order valence-corrected chi connectivity index (χ3v) is 5.86. The molecule has 1 saturated carbocycles. The lowest BCUT2D eigenvalue weighted by atomic mass is 9.94. The Labute approximate surface area is 154 Å². The maximum atomic E-state index is 12.8. The van der Waals surface area contributed by atoms with Crippen LogP contribution in [-0.4, -0.2) is 29.8 Å². The zero-order valence-electron chi connectivity index (χ0n) is 15.1. The second kappa shape index (κ2) is 6.60. The van der Waals surface area contributed by atoms with Gasteiger partial charge in [0.25, 0.3) is 0 Å². The minimum absolute atomic E-state index is 0.111. The summed E-state index contributed by atoms with van der Waals surface area (Å²) in [5, 5.41) is 3.09. The summed E-state index contributed by atoms with van der Waals surface area (Å²) in [6.07, 6.45) is 2.56. The van der Waals surface area contributed by atoms with Gasteiger partial charge >= 0.3 is 0 Å². The van der Waals surface area contributed by atoms with Crippen LogP contribution in [0.1, 0.15) is 30.9 Å². The summed E-state index contributed by atoms with van der Waals surface area (Å²) >= 11 is 0. The van der Waals surface area contributed by atoms with Crippen molar-refractivity contribution in [1.29, 1.82) is 0 Å². The molecule has 4 nitrogen and oxygen atoms in total. The fourth-order valence-corrected chi connectivity index (χ4v) is 4.09. The van der Waals surface area contributed by atoms with Gasteiger partial charge < -0.3 is 10.2 Å². The van der Waals surface area contributed by atoms with Gasteiger partial charge in [-0.15, -0.1) is 0 Å². The number of amides is 2. The number of anilines is 1. The first-order valence-corrected chi connectivity index (χ1v) is 9.27. The predicted molar refractivity (Wildman–Crippen MR) is 102 cm³/mol. The van der Waals surface area contributed by atoms with E-state index in [0.29, 0.717) is 12.5 Å². The maximum Gasteiger partial charge on any atom is 0.231 e. The Morgan fingerprint density at radius 2 is 1.77 bits per heavy atom. The van der Waals surface area contributed by atoms with Crippen molar-refractivity contribution >= 4 is 17.5 Å². The predicted octanol–water partition coefficient (Wildman–Crippen LogP) is 3.47. The molecule has 1 heterocycles. The van der Waals surface area contributed by atoms with Crippen molar-refractivity contribution in [3.63, 3.8) is 0 Å². The molecule has 2 atom stereocenters. The van der Waals surface area contributed by atoms with Crippen molar-refractivity contribution in [2.75, 3.05) is 18.4 Å². The molecule has 0 bridgehead atoms. The summed E-state index contributed by atoms with van der Waals surface area (Å²) in [4.78, 5) is 26.1. The van der Waals surface area contributed by atoms with E-state index in [1.54, 1.807) is 6.92 Å². The Balaban J connectivity index is 1.36. The van der Waals surface area contributed by atoms with Gasteiger partial charge in [0.2, 0.25) is 11.8 Å². The quantitative estimate of drug-likeness (QED) is 0.920. The number of hydrogen-bond donors (Lipinski definition) is 1. The number of carbonyl (C=O) groups is 2. The summed E-state index contributed by atoms with van der Waals surface area (Å²) in [6.45, 7) is 3.01. The fraction of sp³-hybridized carbons (Fsp3) is 0.364. The molecule has 2 aromatic carbocycles. The van der Waals surface area contributed by atoms with E-state index in [9.17, 15) is 9.59 Å². The Kier molecular flexibility index (Phi) is 4.27. The molecule has 0 spiro atoms. The lowest BCUT2D eigenvalue weighted by molar-refractivity contribution is -0.132. The number of carbonyl (C=O) groups excluding carboxylic acids is 2. The molecular weight excluding hydrogens is 324 g/mol. The van der Waals surface area contributed by atoms with Gasteiger partial charge in [-0.3, -0.25) is 9.59 Å². The highest BCUT2D eigenvalue weighted by molar-refractivity contribution is 5.98. The second-order valence-corrected chi connectivity index (χ2v) is 7.59. The van der Waals surface area contributed by atoms with Crippen LogP contribution >= 0.6 is 0 Å². The van der Waals surface area contributed by atoms with Crippen LogP contribution in [0.5, 0.6) is 0 Å². The molecule has 4 rings (SSSR count). The monoisotopic (exact) mass is 348 g/mol. The smallest absolute Gasteiger partial charge is 0.231 e. The number of hydrogen-bond acceptors (Lipinski definition) is 2. The molecule has 26 heavy (non-hydrogen) atoms. The average Bonchev–Trinajstić information content (AvgIpc) is 3.39. The zero-order valence-corrected chi connectivity index (χ0v) is 15.1. The number of nitrogens with zero attached hydrogens (tertiary/aromatic N) is 1. The minimum Gasteiger partial charge on any atom is -0.343 e. The van der Waals surface area contributed by atoms with Crippen LogP contribution < -0.4 is 5.32 Å². The van der Waals surface area contributed by atoms with Gasteiger partial charge in [0, 0.05) is 25.7 Å². The van der Waals surface area contributed by atoms with Crippen LogP contribution in [0.4, 0.5) is 5.69 Å². The number of fused-ring (bicyclic) bond motifs is 1. The van der Waals surface area contributed by atoms with E-state index in [0.717, 1.165) is 31.5 Å². The first kappa shape index (κ1) is 16.8. The van der Waals surface area contributed by atoms with Gasteiger partial charge in [-0.05, 0) is 48.4 Å². The van der Waals surface area contributed by atoms with E-state index in [-0.39, 0.29) is 17.2 Å². The van der Waals surface area contributed by atoms with Crippen LogP contribution in [0.15, 0.2) is 54.6 Å². The Hall–Kier alpha value is -2.62. The van der Waals surface area contributed by atoms with E-state index >= 15 is 0 Å². The number of nitrogens with one attached hydrogen (secondary N) is 1. The molecule has 0 unspecified atom stereocenters. The Morgan fingerprint density at radius 1 is 1.08 bits per heavy atom. The van der Waals surface area contributed by atoms with E-state index in [1.165, 1.54) is 11.1 Å². The van der Waals surface area contributed by atoms with Gasteiger partial charge in [0.15, 0.2) is 0 Å². The van der Waals surface area contributed by atoms with E-state index in [4.69, 9.17) is 0 Å². The highest BCUT2D eigenvalue weighted by atomic mass is 16.2. The lowest BCUT2D eigenvalue weighted by Crippen LogP contribution is -2.41. The van der Waals surface area contributed by atoms with Crippen LogP contribution in [0.2, 0.25) is 0 Å². The molecule has 1 aliphatic heterocycles. The average molecular weight is 348 g/mol. The first-order valence-electron chi connectivity index (χ1n) is 9.27. The number of rotatable bonds is 4. The third kappa shape index (κ3) is 3.24. The summed E-state index contributed by atoms with van der Waals surface area (Å²) < 4.78 is 0. The lowest BCUT2D eigenvalue weighted by Gasteiger charge is -2.30. The highest BCUT2D eigenvalue weighted by Crippen LogP contribution is 2.58. The molecule has 2 amide bonds. The number of piperidine rings is 1. The summed E-state index contributed by atoms with van der Waals surface area (Å²) in [7, 11) is 0. The van der Waals surface area contributed by atoms with Gasteiger partial charge in [0.1, 0.15) is 0 Å². The highest BCUT2D eigenvalue weighted by Gasteiger charge is 2.61. The van der Waals surface area contributed by atoms with Crippen LogP contribution in [-0.2, 0) is 16.0 Å². The maximum absolute atomic E-state index is 12.8. The third-order valence-electron chi connectivity index (χ3n) is 5.86. The normalized spacial score (nSPS) is 23.9. The van der Waals surface area contributed by atoms with E-state index in [1.807, 2.05) is 35.2 Å². The molecular formula is C22H24N2O2. The van der Waals surface area contributed by atoms with Crippen molar-refractivity contribution in [3.8, 4) is 0 Å². The molecule has 4 heteroatoms. The van der Waals surface area contributed by atoms with Crippen molar-refractivity contribution < 1.29 is 9.59 Å². The number of likely N-dealkylation sites (tertiary alicyclic amines) is 1. The van der Waals surface area contributed by atoms with Crippen molar-refractivity contribution in [2.24, 2.45) is 11.3 Å².